The first-order chi connectivity index (χ1) is 7.04. The zero-order valence-electron chi connectivity index (χ0n) is 9.10. The van der Waals surface area contributed by atoms with Gasteiger partial charge in [-0.1, -0.05) is 5.16 Å². The molecule has 0 aliphatic heterocycles. The van der Waals surface area contributed by atoms with Gasteiger partial charge in [0.25, 0.3) is 0 Å². The van der Waals surface area contributed by atoms with Gasteiger partial charge in [0.2, 0.25) is 0 Å². The number of hydrogen-bond donors (Lipinski definition) is 3. The van der Waals surface area contributed by atoms with E-state index in [0.717, 1.165) is 12.8 Å². The molecule has 0 aromatic rings. The van der Waals surface area contributed by atoms with E-state index in [1.165, 1.54) is 0 Å². The third kappa shape index (κ3) is 3.65. The first-order valence-corrected chi connectivity index (χ1v) is 5.04. The van der Waals surface area contributed by atoms with E-state index >= 15 is 0 Å². The molecular formula is C9H18N4O2. The molecule has 0 bridgehead atoms. The molecule has 1 atom stereocenters. The van der Waals surface area contributed by atoms with Gasteiger partial charge in [-0.15, -0.1) is 0 Å². The minimum atomic E-state index is -0.101. The molecule has 0 aromatic heterocycles. The lowest BCUT2D eigenvalue weighted by molar-refractivity contribution is 0.194. The number of carbonyl (C=O) groups excluding carboxylic acids is 1. The number of rotatable bonds is 4. The number of carbonyl (C=O) groups is 1. The third-order valence-electron chi connectivity index (χ3n) is 2.52. The van der Waals surface area contributed by atoms with Crippen molar-refractivity contribution >= 4 is 11.9 Å². The van der Waals surface area contributed by atoms with Crippen molar-refractivity contribution in [1.29, 1.82) is 0 Å². The van der Waals surface area contributed by atoms with Crippen LogP contribution in [-0.2, 0) is 0 Å². The van der Waals surface area contributed by atoms with Crippen molar-refractivity contribution in [3.8, 4) is 0 Å². The number of hydrogen-bond acceptors (Lipinski definition) is 3. The Balaban J connectivity index is 2.36. The predicted molar refractivity (Wildman–Crippen MR) is 56.8 cm³/mol. The van der Waals surface area contributed by atoms with E-state index in [2.05, 4.69) is 10.5 Å². The zero-order chi connectivity index (χ0) is 11.4. The van der Waals surface area contributed by atoms with Crippen molar-refractivity contribution in [2.45, 2.75) is 38.3 Å². The molecule has 1 unspecified atom stereocenters. The monoisotopic (exact) mass is 214 g/mol. The van der Waals surface area contributed by atoms with E-state index in [9.17, 15) is 4.79 Å². The predicted octanol–water partition coefficient (Wildman–Crippen LogP) is 0.315. The van der Waals surface area contributed by atoms with Crippen LogP contribution in [0.3, 0.4) is 0 Å². The van der Waals surface area contributed by atoms with Crippen LogP contribution in [0.2, 0.25) is 0 Å². The fourth-order valence-corrected chi connectivity index (χ4v) is 1.18. The Morgan fingerprint density at radius 2 is 2.33 bits per heavy atom. The summed E-state index contributed by atoms with van der Waals surface area (Å²) in [6.45, 7) is 1.85. The number of oxime groups is 1. The van der Waals surface area contributed by atoms with E-state index < -0.39 is 0 Å². The van der Waals surface area contributed by atoms with Crippen LogP contribution in [-0.4, -0.2) is 41.1 Å². The van der Waals surface area contributed by atoms with Crippen LogP contribution in [0.25, 0.3) is 0 Å². The SMILES string of the molecule is CC(CC(N)=NO)N(C)C(=O)NC1CC1. The maximum absolute atomic E-state index is 11.6. The molecule has 0 aromatic carbocycles. The summed E-state index contributed by atoms with van der Waals surface area (Å²) in [7, 11) is 1.70. The maximum Gasteiger partial charge on any atom is 0.317 e. The summed E-state index contributed by atoms with van der Waals surface area (Å²) >= 11 is 0. The number of nitrogens with zero attached hydrogens (tertiary/aromatic N) is 2. The molecule has 0 heterocycles. The molecule has 0 radical (unpaired) electrons. The van der Waals surface area contributed by atoms with Crippen molar-refractivity contribution in [2.75, 3.05) is 7.05 Å². The minimum Gasteiger partial charge on any atom is -0.409 e. The largest absolute Gasteiger partial charge is 0.409 e. The van der Waals surface area contributed by atoms with Gasteiger partial charge in [0, 0.05) is 25.6 Å². The molecule has 1 rings (SSSR count). The summed E-state index contributed by atoms with van der Waals surface area (Å²) in [6, 6.07) is 0.159. The molecule has 1 fully saturated rings. The minimum absolute atomic E-state index is 0.0837. The van der Waals surface area contributed by atoms with E-state index in [0.29, 0.717) is 12.5 Å². The first kappa shape index (κ1) is 11.6. The summed E-state index contributed by atoms with van der Waals surface area (Å²) in [5, 5.41) is 14.2. The molecule has 1 aliphatic carbocycles. The highest BCUT2D eigenvalue weighted by molar-refractivity contribution is 5.81. The fourth-order valence-electron chi connectivity index (χ4n) is 1.18. The van der Waals surface area contributed by atoms with Crippen LogP contribution in [0.1, 0.15) is 26.2 Å². The smallest absolute Gasteiger partial charge is 0.317 e. The summed E-state index contributed by atoms with van der Waals surface area (Å²) in [4.78, 5) is 13.1. The zero-order valence-corrected chi connectivity index (χ0v) is 9.10. The molecule has 4 N–H and O–H groups in total. The second kappa shape index (κ2) is 4.86. The van der Waals surface area contributed by atoms with Gasteiger partial charge >= 0.3 is 6.03 Å². The quantitative estimate of drug-likeness (QED) is 0.272. The fraction of sp³-hybridized carbons (Fsp3) is 0.778. The Labute approximate surface area is 89.1 Å². The van der Waals surface area contributed by atoms with E-state index in [1.54, 1.807) is 11.9 Å². The standard InChI is InChI=1S/C9H18N4O2/c1-6(5-8(10)12-15)13(2)9(14)11-7-3-4-7/h6-7,15H,3-5H2,1-2H3,(H2,10,12)(H,11,14). The van der Waals surface area contributed by atoms with Gasteiger partial charge in [-0.3, -0.25) is 0 Å². The van der Waals surface area contributed by atoms with Crippen LogP contribution in [0.15, 0.2) is 5.16 Å². The van der Waals surface area contributed by atoms with Crippen LogP contribution in [0, 0.1) is 0 Å². The lowest BCUT2D eigenvalue weighted by Gasteiger charge is -2.24. The number of urea groups is 1. The highest BCUT2D eigenvalue weighted by Gasteiger charge is 2.26. The molecule has 0 saturated heterocycles. The lowest BCUT2D eigenvalue weighted by Crippen LogP contribution is -2.44. The van der Waals surface area contributed by atoms with Gasteiger partial charge in [0.1, 0.15) is 5.84 Å². The van der Waals surface area contributed by atoms with Gasteiger partial charge in [-0.05, 0) is 19.8 Å². The topological polar surface area (TPSA) is 91.0 Å². The van der Waals surface area contributed by atoms with Gasteiger partial charge < -0.3 is 21.2 Å². The Morgan fingerprint density at radius 3 is 2.80 bits per heavy atom. The highest BCUT2D eigenvalue weighted by Crippen LogP contribution is 2.19. The van der Waals surface area contributed by atoms with Gasteiger partial charge in [-0.2, -0.15) is 0 Å². The van der Waals surface area contributed by atoms with Crippen LogP contribution >= 0.6 is 0 Å². The van der Waals surface area contributed by atoms with Crippen LogP contribution < -0.4 is 11.1 Å². The Hall–Kier alpha value is -1.46. The number of amides is 2. The van der Waals surface area contributed by atoms with Gasteiger partial charge in [-0.25, -0.2) is 4.79 Å². The van der Waals surface area contributed by atoms with Gasteiger partial charge in [0.15, 0.2) is 0 Å². The van der Waals surface area contributed by atoms with Crippen LogP contribution in [0.4, 0.5) is 4.79 Å². The summed E-state index contributed by atoms with van der Waals surface area (Å²) in [5.74, 6) is 0.133. The Kier molecular flexibility index (Phi) is 3.76. The third-order valence-corrected chi connectivity index (χ3v) is 2.52. The van der Waals surface area contributed by atoms with E-state index in [1.807, 2.05) is 6.92 Å². The number of amidine groups is 1. The molecule has 15 heavy (non-hydrogen) atoms. The van der Waals surface area contributed by atoms with Crippen molar-refractivity contribution in [2.24, 2.45) is 10.9 Å². The van der Waals surface area contributed by atoms with Crippen molar-refractivity contribution in [1.82, 2.24) is 10.2 Å². The van der Waals surface area contributed by atoms with Crippen LogP contribution in [0.5, 0.6) is 0 Å². The molecule has 1 aliphatic rings. The number of nitrogens with one attached hydrogen (secondary N) is 1. The number of nitrogens with two attached hydrogens (primary N) is 1. The van der Waals surface area contributed by atoms with E-state index in [-0.39, 0.29) is 17.9 Å². The lowest BCUT2D eigenvalue weighted by atomic mass is 10.2. The maximum atomic E-state index is 11.6. The van der Waals surface area contributed by atoms with Crippen molar-refractivity contribution < 1.29 is 10.0 Å². The average molecular weight is 214 g/mol. The molecule has 86 valence electrons. The van der Waals surface area contributed by atoms with E-state index in [4.69, 9.17) is 10.9 Å². The molecular weight excluding hydrogens is 196 g/mol. The highest BCUT2D eigenvalue weighted by atomic mass is 16.4. The summed E-state index contributed by atoms with van der Waals surface area (Å²) in [6.07, 6.45) is 2.49. The molecule has 0 spiro atoms. The molecule has 6 nitrogen and oxygen atoms in total. The normalized spacial score (nSPS) is 18.4. The Morgan fingerprint density at radius 1 is 1.73 bits per heavy atom. The molecule has 6 heteroatoms. The Bertz CT molecular complexity index is 263. The first-order valence-electron chi connectivity index (χ1n) is 5.04. The second-order valence-electron chi connectivity index (χ2n) is 3.98. The van der Waals surface area contributed by atoms with Gasteiger partial charge in [0.05, 0.1) is 0 Å². The summed E-state index contributed by atoms with van der Waals surface area (Å²) in [5.41, 5.74) is 5.37. The average Bonchev–Trinajstić information content (AvgIpc) is 2.99. The van der Waals surface area contributed by atoms with Crippen molar-refractivity contribution in [3.63, 3.8) is 0 Å². The molecule has 1 saturated carbocycles. The molecule has 2 amide bonds. The summed E-state index contributed by atoms with van der Waals surface area (Å²) < 4.78 is 0. The second-order valence-corrected chi connectivity index (χ2v) is 3.98. The van der Waals surface area contributed by atoms with Crippen molar-refractivity contribution in [3.05, 3.63) is 0 Å².